The number of rotatable bonds is 0. The van der Waals surface area contributed by atoms with Gasteiger partial charge in [-0.05, 0) is 0 Å². The lowest BCUT2D eigenvalue weighted by molar-refractivity contribution is 0.276. The van der Waals surface area contributed by atoms with Crippen molar-refractivity contribution in [3.63, 3.8) is 0 Å². The Hall–Kier alpha value is -0.120. The van der Waals surface area contributed by atoms with Gasteiger partial charge in [0.25, 0.3) is 0 Å². The molecule has 3 N–H and O–H groups in total. The summed E-state index contributed by atoms with van der Waals surface area (Å²) < 4.78 is 0. The van der Waals surface area contributed by atoms with E-state index in [1.807, 2.05) is 0 Å². The van der Waals surface area contributed by atoms with Gasteiger partial charge in [-0.15, -0.1) is 0 Å². The number of nitrogens with one attached hydrogen (secondary N) is 3. The molecule has 2 rings (SSSR count). The van der Waals surface area contributed by atoms with Crippen molar-refractivity contribution < 1.29 is 0 Å². The van der Waals surface area contributed by atoms with E-state index < -0.39 is 0 Å². The van der Waals surface area contributed by atoms with Crippen LogP contribution in [0.2, 0.25) is 0 Å². The minimum atomic E-state index is 0.678. The third kappa shape index (κ3) is 1.08. The molecule has 0 aromatic rings. The largest absolute Gasteiger partial charge is 0.314 e. The van der Waals surface area contributed by atoms with Crippen molar-refractivity contribution in [1.29, 1.82) is 0 Å². The van der Waals surface area contributed by atoms with E-state index in [2.05, 4.69) is 16.0 Å². The first-order chi connectivity index (χ1) is 4.45. The van der Waals surface area contributed by atoms with Gasteiger partial charge in [0.05, 0.1) is 0 Å². The zero-order chi connectivity index (χ0) is 6.10. The molecule has 0 aromatic carbocycles. The van der Waals surface area contributed by atoms with Gasteiger partial charge in [-0.2, -0.15) is 0 Å². The topological polar surface area (TPSA) is 36.1 Å². The molecule has 0 spiro atoms. The summed E-state index contributed by atoms with van der Waals surface area (Å²) in [5, 5.41) is 10.3. The highest BCUT2D eigenvalue weighted by atomic mass is 15.2. The summed E-state index contributed by atoms with van der Waals surface area (Å²) in [6, 6.07) is 1.36. The Morgan fingerprint density at radius 2 is 1.22 bits per heavy atom. The van der Waals surface area contributed by atoms with E-state index in [1.54, 1.807) is 0 Å². The van der Waals surface area contributed by atoms with Gasteiger partial charge in [-0.3, -0.25) is 0 Å². The second-order valence-electron chi connectivity index (χ2n) is 2.88. The average Bonchev–Trinajstić information content (AvgIpc) is 1.88. The van der Waals surface area contributed by atoms with Crippen LogP contribution in [0.4, 0.5) is 0 Å². The number of fused-ring (bicyclic) bond motifs is 2. The van der Waals surface area contributed by atoms with Crippen LogP contribution in [0.1, 0.15) is 0 Å². The van der Waals surface area contributed by atoms with E-state index in [1.165, 1.54) is 0 Å². The van der Waals surface area contributed by atoms with Crippen LogP contribution in [0.5, 0.6) is 0 Å². The van der Waals surface area contributed by atoms with E-state index >= 15 is 0 Å². The van der Waals surface area contributed by atoms with Crippen LogP contribution in [0.25, 0.3) is 0 Å². The maximum absolute atomic E-state index is 3.53. The Kier molecular flexibility index (Phi) is 1.41. The fourth-order valence-electron chi connectivity index (χ4n) is 1.58. The minimum Gasteiger partial charge on any atom is -0.314 e. The lowest BCUT2D eigenvalue weighted by Crippen LogP contribution is -2.65. The molecule has 0 saturated carbocycles. The number of piperazine rings is 2. The highest BCUT2D eigenvalue weighted by Gasteiger charge is 2.23. The molecule has 52 valence electrons. The van der Waals surface area contributed by atoms with E-state index in [9.17, 15) is 0 Å². The van der Waals surface area contributed by atoms with Crippen LogP contribution in [-0.4, -0.2) is 38.3 Å². The van der Waals surface area contributed by atoms with Crippen molar-refractivity contribution in [1.82, 2.24) is 16.0 Å². The molecule has 0 radical (unpaired) electrons. The molecular formula is C6H13N3. The number of hydrogen-bond acceptors (Lipinski definition) is 3. The van der Waals surface area contributed by atoms with Crippen molar-refractivity contribution in [2.75, 3.05) is 26.2 Å². The Bertz CT molecular complexity index is 84.5. The third-order valence-electron chi connectivity index (χ3n) is 2.03. The molecule has 0 aromatic heterocycles. The summed E-state index contributed by atoms with van der Waals surface area (Å²) in [7, 11) is 0. The molecule has 2 aliphatic heterocycles. The predicted octanol–water partition coefficient (Wildman–Crippen LogP) is -1.48. The average molecular weight is 127 g/mol. The van der Waals surface area contributed by atoms with E-state index in [4.69, 9.17) is 0 Å². The van der Waals surface area contributed by atoms with Crippen LogP contribution in [0.3, 0.4) is 0 Å². The molecule has 2 bridgehead atoms. The fraction of sp³-hybridized carbons (Fsp3) is 1.00. The molecule has 9 heavy (non-hydrogen) atoms. The maximum Gasteiger partial charge on any atom is 0.0321 e. The molecule has 3 nitrogen and oxygen atoms in total. The van der Waals surface area contributed by atoms with Crippen molar-refractivity contribution in [2.24, 2.45) is 0 Å². The standard InChI is InChI=1S/C6H13N3/c1-5-2-8-4-6(9-5)3-7-1/h5-9H,1-4H2. The van der Waals surface area contributed by atoms with Crippen molar-refractivity contribution in [3.05, 3.63) is 0 Å². The number of hydrogen-bond donors (Lipinski definition) is 3. The van der Waals surface area contributed by atoms with Gasteiger partial charge in [0.15, 0.2) is 0 Å². The van der Waals surface area contributed by atoms with Gasteiger partial charge in [-0.25, -0.2) is 0 Å². The van der Waals surface area contributed by atoms with Gasteiger partial charge in [0, 0.05) is 38.3 Å². The molecule has 3 heteroatoms. The second kappa shape index (κ2) is 2.25. The van der Waals surface area contributed by atoms with Crippen LogP contribution >= 0.6 is 0 Å². The smallest absolute Gasteiger partial charge is 0.0321 e. The van der Waals surface area contributed by atoms with E-state index in [-0.39, 0.29) is 0 Å². The van der Waals surface area contributed by atoms with Crippen LogP contribution in [-0.2, 0) is 0 Å². The quantitative estimate of drug-likeness (QED) is 0.371. The molecule has 2 aliphatic rings. The Morgan fingerprint density at radius 3 is 1.56 bits per heavy atom. The maximum atomic E-state index is 3.53. The van der Waals surface area contributed by atoms with Crippen molar-refractivity contribution >= 4 is 0 Å². The third-order valence-corrected chi connectivity index (χ3v) is 2.03. The molecule has 2 heterocycles. The second-order valence-corrected chi connectivity index (χ2v) is 2.88. The van der Waals surface area contributed by atoms with Gasteiger partial charge < -0.3 is 16.0 Å². The monoisotopic (exact) mass is 127 g/mol. The first kappa shape index (κ1) is 5.65. The molecule has 0 unspecified atom stereocenters. The summed E-state index contributed by atoms with van der Waals surface area (Å²) in [5.74, 6) is 0. The van der Waals surface area contributed by atoms with Crippen LogP contribution in [0, 0.1) is 0 Å². The van der Waals surface area contributed by atoms with Gasteiger partial charge in [0.1, 0.15) is 0 Å². The molecule has 2 fully saturated rings. The zero-order valence-corrected chi connectivity index (χ0v) is 5.48. The molecular weight excluding hydrogens is 114 g/mol. The van der Waals surface area contributed by atoms with Gasteiger partial charge in [0.2, 0.25) is 0 Å². The fourth-order valence-corrected chi connectivity index (χ4v) is 1.58. The summed E-state index contributed by atoms with van der Waals surface area (Å²) in [4.78, 5) is 0. The molecule has 0 aliphatic carbocycles. The highest BCUT2D eigenvalue weighted by molar-refractivity contribution is 4.90. The van der Waals surface area contributed by atoms with Crippen molar-refractivity contribution in [2.45, 2.75) is 12.1 Å². The van der Waals surface area contributed by atoms with E-state index in [0.29, 0.717) is 12.1 Å². The Labute approximate surface area is 55.2 Å². The minimum absolute atomic E-state index is 0.678. The lowest BCUT2D eigenvalue weighted by atomic mass is 10.1. The van der Waals surface area contributed by atoms with Crippen LogP contribution < -0.4 is 16.0 Å². The first-order valence-electron chi connectivity index (χ1n) is 3.62. The Balaban J connectivity index is 1.96. The summed E-state index contributed by atoms with van der Waals surface area (Å²) in [6.45, 7) is 4.51. The van der Waals surface area contributed by atoms with Gasteiger partial charge in [-0.1, -0.05) is 0 Å². The Morgan fingerprint density at radius 1 is 0.778 bits per heavy atom. The van der Waals surface area contributed by atoms with Gasteiger partial charge >= 0.3 is 0 Å². The molecule has 0 atom stereocenters. The lowest BCUT2D eigenvalue weighted by Gasteiger charge is -2.36. The highest BCUT2D eigenvalue weighted by Crippen LogP contribution is 1.96. The van der Waals surface area contributed by atoms with Crippen molar-refractivity contribution in [3.8, 4) is 0 Å². The first-order valence-corrected chi connectivity index (χ1v) is 3.62. The summed E-state index contributed by atoms with van der Waals surface area (Å²) in [6.07, 6.45) is 0. The molecule has 0 amide bonds. The van der Waals surface area contributed by atoms with Crippen LogP contribution in [0.15, 0.2) is 0 Å². The SMILES string of the molecule is C1NCC2CNCC1N2. The summed E-state index contributed by atoms with van der Waals surface area (Å²) in [5.41, 5.74) is 0. The predicted molar refractivity (Wildman–Crippen MR) is 36.5 cm³/mol. The summed E-state index contributed by atoms with van der Waals surface area (Å²) >= 11 is 0. The zero-order valence-electron chi connectivity index (χ0n) is 5.48. The van der Waals surface area contributed by atoms with E-state index in [0.717, 1.165) is 26.2 Å². The molecule has 2 saturated heterocycles. The normalized spacial score (nSPS) is 42.7.